The number of anilines is 1. The average Bonchev–Trinajstić information content (AvgIpc) is 3.19. The number of rotatable bonds is 6. The monoisotopic (exact) mass is 510 g/mol. The normalized spacial score (nSPS) is 21.9. The second-order valence-electron chi connectivity index (χ2n) is 9.72. The van der Waals surface area contributed by atoms with Crippen molar-refractivity contribution in [3.63, 3.8) is 0 Å². The number of aromatic nitrogens is 2. The Morgan fingerprint density at radius 1 is 1.26 bits per heavy atom. The second kappa shape index (κ2) is 8.96. The predicted molar refractivity (Wildman–Crippen MR) is 130 cm³/mol. The van der Waals surface area contributed by atoms with Crippen molar-refractivity contribution in [1.29, 1.82) is 10.8 Å². The Bertz CT molecular complexity index is 1150. The largest absolute Gasteiger partial charge is 0.381 e. The number of imidazole rings is 1. The third kappa shape index (κ3) is 4.65. The number of hydrogen-bond donors (Lipinski definition) is 3. The summed E-state index contributed by atoms with van der Waals surface area (Å²) < 4.78 is 49.4. The Balaban J connectivity index is 1.50. The summed E-state index contributed by atoms with van der Waals surface area (Å²) in [6, 6.07) is 1.91. The minimum Gasteiger partial charge on any atom is -0.381 e. The number of pyridine rings is 1. The molecule has 5 rings (SSSR count). The molecule has 0 aromatic carbocycles. The van der Waals surface area contributed by atoms with Crippen LogP contribution in [0.1, 0.15) is 44.9 Å². The van der Waals surface area contributed by atoms with Gasteiger partial charge in [-0.3, -0.25) is 15.2 Å². The molecule has 1 unspecified atom stereocenters. The fraction of sp³-hybridized carbons (Fsp3) is 0.591. The Kier molecular flexibility index (Phi) is 6.28. The van der Waals surface area contributed by atoms with Gasteiger partial charge in [-0.2, -0.15) is 0 Å². The van der Waals surface area contributed by atoms with E-state index >= 15 is 0 Å². The van der Waals surface area contributed by atoms with Gasteiger partial charge < -0.3 is 9.64 Å². The zero-order chi connectivity index (χ0) is 24.1. The summed E-state index contributed by atoms with van der Waals surface area (Å²) in [6.45, 7) is 5.28. The van der Waals surface area contributed by atoms with Crippen molar-refractivity contribution in [1.82, 2.24) is 14.1 Å². The summed E-state index contributed by atoms with van der Waals surface area (Å²) in [5.74, 6) is 0.154. The molecule has 1 atom stereocenters. The lowest BCUT2D eigenvalue weighted by molar-refractivity contribution is 0.134. The van der Waals surface area contributed by atoms with Gasteiger partial charge in [-0.05, 0) is 62.3 Å². The lowest BCUT2D eigenvalue weighted by Gasteiger charge is -2.39. The van der Waals surface area contributed by atoms with Gasteiger partial charge in [-0.25, -0.2) is 22.7 Å². The fourth-order valence-corrected chi connectivity index (χ4v) is 6.36. The number of ether oxygens (including phenoxy) is 1. The smallest absolute Gasteiger partial charge is 0.285 e. The van der Waals surface area contributed by atoms with E-state index in [1.54, 1.807) is 16.8 Å². The number of hydrogen-bond acceptors (Lipinski definition) is 7. The lowest BCUT2D eigenvalue weighted by atomic mass is 9.78. The van der Waals surface area contributed by atoms with Crippen molar-refractivity contribution in [3.8, 4) is 0 Å². The maximum absolute atomic E-state index is 13.2. The Morgan fingerprint density at radius 3 is 2.62 bits per heavy atom. The van der Waals surface area contributed by atoms with E-state index in [9.17, 15) is 13.0 Å². The zero-order valence-corrected chi connectivity index (χ0v) is 20.5. The van der Waals surface area contributed by atoms with Crippen molar-refractivity contribution in [2.24, 2.45) is 5.41 Å². The highest BCUT2D eigenvalue weighted by atomic mass is 32.2. The molecule has 1 spiro atoms. The number of nitrogens with zero attached hydrogens (tertiary/aromatic N) is 3. The molecule has 2 saturated heterocycles. The van der Waals surface area contributed by atoms with Crippen LogP contribution in [0.4, 0.5) is 14.5 Å². The minimum atomic E-state index is -2.95. The number of nitrogens with one attached hydrogen (secondary N) is 3. The van der Waals surface area contributed by atoms with Gasteiger partial charge >= 0.3 is 0 Å². The third-order valence-electron chi connectivity index (χ3n) is 7.11. The van der Waals surface area contributed by atoms with Crippen LogP contribution >= 0.6 is 11.8 Å². The molecule has 34 heavy (non-hydrogen) atoms. The van der Waals surface area contributed by atoms with Gasteiger partial charge in [0.1, 0.15) is 21.1 Å². The van der Waals surface area contributed by atoms with Crippen molar-refractivity contribution >= 4 is 44.0 Å². The van der Waals surface area contributed by atoms with E-state index in [-0.39, 0.29) is 21.8 Å². The van der Waals surface area contributed by atoms with E-state index in [0.29, 0.717) is 16.7 Å². The van der Waals surface area contributed by atoms with Crippen molar-refractivity contribution in [2.45, 2.75) is 55.9 Å². The van der Waals surface area contributed by atoms with Crippen LogP contribution in [0.2, 0.25) is 0 Å². The first-order chi connectivity index (χ1) is 16.2. The van der Waals surface area contributed by atoms with Crippen LogP contribution in [0.25, 0.3) is 5.52 Å². The van der Waals surface area contributed by atoms with E-state index in [2.05, 4.69) is 14.6 Å². The van der Waals surface area contributed by atoms with Crippen LogP contribution < -0.4 is 9.62 Å². The molecule has 0 bridgehead atoms. The molecule has 0 radical (unpaired) electrons. The van der Waals surface area contributed by atoms with Crippen LogP contribution in [0.5, 0.6) is 0 Å². The number of piperidine rings is 1. The molecule has 0 amide bonds. The quantitative estimate of drug-likeness (QED) is 0.405. The van der Waals surface area contributed by atoms with Gasteiger partial charge in [0.05, 0.1) is 28.9 Å². The maximum Gasteiger partial charge on any atom is 0.285 e. The molecule has 184 valence electrons. The first kappa shape index (κ1) is 23.8. The van der Waals surface area contributed by atoms with Crippen molar-refractivity contribution in [3.05, 3.63) is 24.3 Å². The van der Waals surface area contributed by atoms with Gasteiger partial charge in [-0.15, -0.1) is 0 Å². The first-order valence-corrected chi connectivity index (χ1v) is 13.3. The summed E-state index contributed by atoms with van der Waals surface area (Å²) in [7, 11) is -1.48. The van der Waals surface area contributed by atoms with Gasteiger partial charge in [0, 0.05) is 31.4 Å². The molecule has 2 aromatic heterocycles. The number of fused-ring (bicyclic) bond motifs is 1. The molecule has 2 aromatic rings. The molecule has 3 aliphatic rings. The highest BCUT2D eigenvalue weighted by Gasteiger charge is 2.40. The molecule has 8 nitrogen and oxygen atoms in total. The van der Waals surface area contributed by atoms with Gasteiger partial charge in [-0.1, -0.05) is 0 Å². The van der Waals surface area contributed by atoms with E-state index in [0.717, 1.165) is 69.6 Å². The minimum absolute atomic E-state index is 0.146. The standard InChI is InChI=1S/C22H28F2N6O2S2/c1-21(2-3-21)28-34(31)14-10-15(29-7-4-22(5-8-29)6-9-32-13-22)16-11-27-20(30(16)12-14)19(26)33-18(25)17(23)24/h10-12,17,25-26,28H,2-9,13H2,1H3. The fourth-order valence-electron chi connectivity index (χ4n) is 4.62. The third-order valence-corrected chi connectivity index (χ3v) is 9.23. The summed E-state index contributed by atoms with van der Waals surface area (Å²) >= 11 is 0.383. The lowest BCUT2D eigenvalue weighted by Crippen LogP contribution is -2.40. The predicted octanol–water partition coefficient (Wildman–Crippen LogP) is 3.81. The van der Waals surface area contributed by atoms with Crippen LogP contribution in [-0.2, 0) is 15.7 Å². The second-order valence-corrected chi connectivity index (χ2v) is 12.0. The van der Waals surface area contributed by atoms with Crippen LogP contribution in [0.3, 0.4) is 0 Å². The highest BCUT2D eigenvalue weighted by molar-refractivity contribution is 8.26. The summed E-state index contributed by atoms with van der Waals surface area (Å²) in [6.07, 6.45) is 5.32. The number of alkyl halides is 2. The molecule has 3 N–H and O–H groups in total. The Morgan fingerprint density at radius 2 is 2.00 bits per heavy atom. The van der Waals surface area contributed by atoms with Gasteiger partial charge in [0.15, 0.2) is 5.82 Å². The molecule has 1 aliphatic carbocycles. The van der Waals surface area contributed by atoms with Crippen molar-refractivity contribution in [2.75, 3.05) is 31.2 Å². The van der Waals surface area contributed by atoms with Crippen molar-refractivity contribution < 1.29 is 17.7 Å². The van der Waals surface area contributed by atoms with E-state index in [4.69, 9.17) is 15.6 Å². The zero-order valence-electron chi connectivity index (χ0n) is 18.9. The summed E-state index contributed by atoms with van der Waals surface area (Å²) in [5.41, 5.74) is 1.67. The van der Waals surface area contributed by atoms with Crippen LogP contribution in [0, 0.1) is 16.2 Å². The SMILES string of the molecule is CC1(NS(=O)c2cc(N3CCC4(CCOC4)CC3)c3cnc(C(=N)SC(=N)C(F)F)n3c2)CC1. The number of halogens is 2. The van der Waals surface area contributed by atoms with Crippen LogP contribution in [-0.4, -0.2) is 61.9 Å². The molecule has 3 fully saturated rings. The Hall–Kier alpha value is -1.89. The summed E-state index contributed by atoms with van der Waals surface area (Å²) in [4.78, 5) is 7.13. The highest BCUT2D eigenvalue weighted by Crippen LogP contribution is 2.41. The van der Waals surface area contributed by atoms with Crippen LogP contribution in [0.15, 0.2) is 23.4 Å². The van der Waals surface area contributed by atoms with Gasteiger partial charge in [0.25, 0.3) is 6.43 Å². The average molecular weight is 511 g/mol. The molecular formula is C22H28F2N6O2S2. The van der Waals surface area contributed by atoms with Gasteiger partial charge in [0.2, 0.25) is 0 Å². The topological polar surface area (TPSA) is 107 Å². The molecule has 4 heterocycles. The van der Waals surface area contributed by atoms with E-state index in [1.807, 2.05) is 13.0 Å². The van der Waals surface area contributed by atoms with E-state index < -0.39 is 22.5 Å². The first-order valence-electron chi connectivity index (χ1n) is 11.4. The molecule has 12 heteroatoms. The summed E-state index contributed by atoms with van der Waals surface area (Å²) in [5, 5.41) is 14.6. The Labute approximate surface area is 203 Å². The molecular weight excluding hydrogens is 482 g/mol. The number of thioether (sulfide) groups is 1. The molecule has 1 saturated carbocycles. The van der Waals surface area contributed by atoms with E-state index in [1.165, 1.54) is 0 Å². The maximum atomic E-state index is 13.2. The molecule has 2 aliphatic heterocycles.